The van der Waals surface area contributed by atoms with Crippen LogP contribution in [0.2, 0.25) is 0 Å². The number of ether oxygens (including phenoxy) is 3. The Kier molecular flexibility index (Phi) is 7.11. The van der Waals surface area contributed by atoms with Gasteiger partial charge in [-0.05, 0) is 43.2 Å². The van der Waals surface area contributed by atoms with Gasteiger partial charge in [0, 0.05) is 24.9 Å². The highest BCUT2D eigenvalue weighted by atomic mass is 32.2. The zero-order valence-corrected chi connectivity index (χ0v) is 16.6. The smallest absolute Gasteiger partial charge is 0.203 e. The summed E-state index contributed by atoms with van der Waals surface area (Å²) in [5.74, 6) is 3.94. The molecule has 1 aromatic rings. The summed E-state index contributed by atoms with van der Waals surface area (Å²) in [6, 6.07) is 3.88. The van der Waals surface area contributed by atoms with E-state index in [0.717, 1.165) is 18.1 Å². The molecule has 1 aliphatic heterocycles. The molecule has 2 N–H and O–H groups in total. The highest BCUT2D eigenvalue weighted by Crippen LogP contribution is 2.38. The monoisotopic (exact) mass is 367 g/mol. The predicted octanol–water partition coefficient (Wildman–Crippen LogP) is 2.66. The number of rotatable bonds is 7. The molecule has 1 atom stereocenters. The van der Waals surface area contributed by atoms with E-state index >= 15 is 0 Å². The molecular formula is C18H29N3O3S. The van der Waals surface area contributed by atoms with Crippen LogP contribution in [0.3, 0.4) is 0 Å². The van der Waals surface area contributed by atoms with Crippen LogP contribution in [-0.4, -0.2) is 51.4 Å². The van der Waals surface area contributed by atoms with Gasteiger partial charge in [0.2, 0.25) is 5.75 Å². The highest BCUT2D eigenvalue weighted by molar-refractivity contribution is 8.00. The van der Waals surface area contributed by atoms with Gasteiger partial charge < -0.3 is 24.8 Å². The molecule has 1 aliphatic rings. The van der Waals surface area contributed by atoms with Gasteiger partial charge in [0.15, 0.2) is 17.5 Å². The molecule has 0 saturated carbocycles. The Morgan fingerprint density at radius 2 is 1.84 bits per heavy atom. The van der Waals surface area contributed by atoms with Gasteiger partial charge in [-0.1, -0.05) is 0 Å². The zero-order valence-electron chi connectivity index (χ0n) is 15.8. The summed E-state index contributed by atoms with van der Waals surface area (Å²) in [5.41, 5.74) is 1.03. The third-order valence-corrected chi connectivity index (χ3v) is 5.88. The van der Waals surface area contributed by atoms with Crippen LogP contribution in [0.1, 0.15) is 25.3 Å². The lowest BCUT2D eigenvalue weighted by molar-refractivity contribution is 0.323. The molecule has 0 bridgehead atoms. The van der Waals surface area contributed by atoms with Gasteiger partial charge in [-0.2, -0.15) is 11.8 Å². The van der Waals surface area contributed by atoms with Crippen LogP contribution < -0.4 is 24.8 Å². The maximum atomic E-state index is 5.40. The normalized spacial score (nSPS) is 20.3. The molecule has 0 aliphatic carbocycles. The first kappa shape index (κ1) is 19.6. The van der Waals surface area contributed by atoms with Gasteiger partial charge in [-0.15, -0.1) is 0 Å². The molecule has 0 amide bonds. The molecule has 1 aromatic carbocycles. The molecule has 1 saturated heterocycles. The lowest BCUT2D eigenvalue weighted by Crippen LogP contribution is -2.43. The van der Waals surface area contributed by atoms with Gasteiger partial charge in [-0.3, -0.25) is 4.99 Å². The third kappa shape index (κ3) is 5.11. The lowest BCUT2D eigenvalue weighted by atomic mass is 10.1. The molecule has 7 heteroatoms. The number of methoxy groups -OCH3 is 3. The van der Waals surface area contributed by atoms with Gasteiger partial charge in [-0.25, -0.2) is 0 Å². The van der Waals surface area contributed by atoms with E-state index in [1.54, 1.807) is 28.4 Å². The van der Waals surface area contributed by atoms with Gasteiger partial charge in [0.05, 0.1) is 21.3 Å². The summed E-state index contributed by atoms with van der Waals surface area (Å²) in [6.07, 6.45) is 2.54. The molecular weight excluding hydrogens is 338 g/mol. The molecule has 0 radical (unpaired) electrons. The number of benzene rings is 1. The Balaban J connectivity index is 1.98. The van der Waals surface area contributed by atoms with E-state index in [1.807, 2.05) is 23.9 Å². The van der Waals surface area contributed by atoms with Crippen molar-refractivity contribution >= 4 is 17.7 Å². The molecule has 1 heterocycles. The molecule has 25 heavy (non-hydrogen) atoms. The molecule has 0 aromatic heterocycles. The maximum Gasteiger partial charge on any atom is 0.203 e. The topological polar surface area (TPSA) is 64.1 Å². The summed E-state index contributed by atoms with van der Waals surface area (Å²) in [6.45, 7) is 3.83. The Hall–Kier alpha value is -1.76. The average Bonchev–Trinajstić information content (AvgIpc) is 3.07. The molecule has 1 fully saturated rings. The van der Waals surface area contributed by atoms with Crippen LogP contribution in [0.25, 0.3) is 0 Å². The third-order valence-electron chi connectivity index (χ3n) is 4.34. The second-order valence-electron chi connectivity index (χ2n) is 6.21. The SMILES string of the molecule is CN=C(NCc1cc(OC)c(OC)c(OC)c1)NCC1(C)CCCS1. The largest absolute Gasteiger partial charge is 0.493 e. The van der Waals surface area contributed by atoms with Crippen molar-refractivity contribution < 1.29 is 14.2 Å². The average molecular weight is 368 g/mol. The van der Waals surface area contributed by atoms with Crippen LogP contribution in [0.15, 0.2) is 17.1 Å². The van der Waals surface area contributed by atoms with Gasteiger partial charge >= 0.3 is 0 Å². The molecule has 6 nitrogen and oxygen atoms in total. The predicted molar refractivity (Wildman–Crippen MR) is 104 cm³/mol. The van der Waals surface area contributed by atoms with E-state index in [1.165, 1.54) is 18.6 Å². The molecule has 0 spiro atoms. The Labute approximate surface area is 154 Å². The van der Waals surface area contributed by atoms with Crippen molar-refractivity contribution in [2.75, 3.05) is 40.7 Å². The maximum absolute atomic E-state index is 5.40. The molecule has 1 unspecified atom stereocenters. The Morgan fingerprint density at radius 1 is 1.16 bits per heavy atom. The minimum atomic E-state index is 0.296. The fourth-order valence-electron chi connectivity index (χ4n) is 2.89. The number of aliphatic imine (C=N–C) groups is 1. The summed E-state index contributed by atoms with van der Waals surface area (Å²) in [4.78, 5) is 4.31. The highest BCUT2D eigenvalue weighted by Gasteiger charge is 2.29. The quantitative estimate of drug-likeness (QED) is 0.571. The molecule has 140 valence electrons. The van der Waals surface area contributed by atoms with Crippen molar-refractivity contribution in [3.63, 3.8) is 0 Å². The van der Waals surface area contributed by atoms with Crippen molar-refractivity contribution in [1.29, 1.82) is 0 Å². The van der Waals surface area contributed by atoms with Crippen molar-refractivity contribution in [2.45, 2.75) is 31.1 Å². The molecule has 2 rings (SSSR count). The Bertz CT molecular complexity index is 576. The van der Waals surface area contributed by atoms with E-state index in [0.29, 0.717) is 28.5 Å². The summed E-state index contributed by atoms with van der Waals surface area (Å²) in [7, 11) is 6.63. The van der Waals surface area contributed by atoms with Crippen LogP contribution >= 0.6 is 11.8 Å². The van der Waals surface area contributed by atoms with Crippen molar-refractivity contribution in [1.82, 2.24) is 10.6 Å². The second kappa shape index (κ2) is 9.08. The Morgan fingerprint density at radius 3 is 2.32 bits per heavy atom. The first-order chi connectivity index (χ1) is 12.0. The van der Waals surface area contributed by atoms with Crippen LogP contribution in [-0.2, 0) is 6.54 Å². The van der Waals surface area contributed by atoms with E-state index in [4.69, 9.17) is 14.2 Å². The second-order valence-corrected chi connectivity index (χ2v) is 7.90. The first-order valence-electron chi connectivity index (χ1n) is 8.42. The summed E-state index contributed by atoms with van der Waals surface area (Å²) >= 11 is 2.03. The van der Waals surface area contributed by atoms with Crippen LogP contribution in [0, 0.1) is 0 Å². The number of nitrogens with zero attached hydrogens (tertiary/aromatic N) is 1. The lowest BCUT2D eigenvalue weighted by Gasteiger charge is -2.24. The minimum Gasteiger partial charge on any atom is -0.493 e. The fourth-order valence-corrected chi connectivity index (χ4v) is 4.14. The van der Waals surface area contributed by atoms with E-state index < -0.39 is 0 Å². The number of guanidine groups is 1. The van der Waals surface area contributed by atoms with E-state index in [9.17, 15) is 0 Å². The van der Waals surface area contributed by atoms with E-state index in [2.05, 4.69) is 22.5 Å². The number of hydrogen-bond donors (Lipinski definition) is 2. The number of thioether (sulfide) groups is 1. The number of hydrogen-bond acceptors (Lipinski definition) is 5. The minimum absolute atomic E-state index is 0.296. The standard InChI is InChI=1S/C18H29N3O3S/c1-18(7-6-8-25-18)12-21-17(19-2)20-11-13-9-14(22-3)16(24-5)15(10-13)23-4/h9-10H,6-8,11-12H2,1-5H3,(H2,19,20,21). The first-order valence-corrected chi connectivity index (χ1v) is 9.41. The summed E-state index contributed by atoms with van der Waals surface area (Å²) < 4.78 is 16.5. The van der Waals surface area contributed by atoms with Gasteiger partial charge in [0.1, 0.15) is 0 Å². The van der Waals surface area contributed by atoms with Gasteiger partial charge in [0.25, 0.3) is 0 Å². The number of nitrogens with one attached hydrogen (secondary N) is 2. The van der Waals surface area contributed by atoms with Crippen LogP contribution in [0.5, 0.6) is 17.2 Å². The van der Waals surface area contributed by atoms with Crippen molar-refractivity contribution in [2.24, 2.45) is 4.99 Å². The summed E-state index contributed by atoms with van der Waals surface area (Å²) in [5, 5.41) is 6.78. The zero-order chi connectivity index (χ0) is 18.3. The fraction of sp³-hybridized carbons (Fsp3) is 0.611. The van der Waals surface area contributed by atoms with Crippen molar-refractivity contribution in [3.8, 4) is 17.2 Å². The van der Waals surface area contributed by atoms with E-state index in [-0.39, 0.29) is 0 Å². The van der Waals surface area contributed by atoms with Crippen molar-refractivity contribution in [3.05, 3.63) is 17.7 Å². The van der Waals surface area contributed by atoms with Crippen LogP contribution in [0.4, 0.5) is 0 Å².